The number of amides is 1. The van der Waals surface area contributed by atoms with Gasteiger partial charge in [-0.05, 0) is 30.3 Å². The summed E-state index contributed by atoms with van der Waals surface area (Å²) in [6, 6.07) is 16.4. The highest BCUT2D eigenvalue weighted by Crippen LogP contribution is 2.22. The summed E-state index contributed by atoms with van der Waals surface area (Å²) in [6.45, 7) is -0.247. The van der Waals surface area contributed by atoms with Crippen LogP contribution < -0.4 is 16.0 Å². The van der Waals surface area contributed by atoms with Crippen molar-refractivity contribution < 1.29 is 19.6 Å². The fourth-order valence-corrected chi connectivity index (χ4v) is 3.20. The Bertz CT molecular complexity index is 1510. The number of ether oxygens (including phenoxy) is 1. The summed E-state index contributed by atoms with van der Waals surface area (Å²) >= 11 is 0. The number of para-hydroxylation sites is 2. The molecule has 1 amide bonds. The number of non-ortho nitro benzene ring substituents is 1. The number of nitrogens with zero attached hydrogens (tertiary/aromatic N) is 4. The van der Waals surface area contributed by atoms with Crippen LogP contribution in [0.2, 0.25) is 0 Å². The van der Waals surface area contributed by atoms with E-state index >= 15 is 0 Å². The van der Waals surface area contributed by atoms with Gasteiger partial charge in [0.1, 0.15) is 18.1 Å². The molecule has 4 rings (SSSR count). The Morgan fingerprint density at radius 3 is 2.68 bits per heavy atom. The summed E-state index contributed by atoms with van der Waals surface area (Å²) in [5.41, 5.74) is 5.20. The van der Waals surface area contributed by atoms with E-state index in [-0.39, 0.29) is 46.1 Å². The first-order chi connectivity index (χ1) is 16.3. The number of phenols is 1. The molecule has 0 unspecified atom stereocenters. The maximum atomic E-state index is 13.1. The predicted octanol–water partition coefficient (Wildman–Crippen LogP) is 2.57. The lowest BCUT2D eigenvalue weighted by Gasteiger charge is -2.12. The number of nitro groups is 1. The van der Waals surface area contributed by atoms with Crippen LogP contribution in [0.3, 0.4) is 0 Å². The fourth-order valence-electron chi connectivity index (χ4n) is 3.20. The summed E-state index contributed by atoms with van der Waals surface area (Å²) in [4.78, 5) is 39.7. The average molecular weight is 459 g/mol. The number of benzene rings is 3. The van der Waals surface area contributed by atoms with Crippen LogP contribution in [0, 0.1) is 10.1 Å². The summed E-state index contributed by atoms with van der Waals surface area (Å²) in [5, 5.41) is 25.5. The van der Waals surface area contributed by atoms with Gasteiger partial charge in [-0.15, -0.1) is 0 Å². The number of primary amides is 1. The predicted molar refractivity (Wildman–Crippen MR) is 123 cm³/mol. The maximum Gasteiger partial charge on any atom is 0.282 e. The number of hydrogen-bond acceptors (Lipinski definition) is 8. The molecule has 0 aliphatic carbocycles. The zero-order chi connectivity index (χ0) is 24.2. The molecule has 0 saturated carbocycles. The number of hydrogen-bond donors (Lipinski definition) is 2. The molecule has 3 aromatic carbocycles. The third-order valence-electron chi connectivity index (χ3n) is 4.86. The zero-order valence-electron chi connectivity index (χ0n) is 17.5. The second kappa shape index (κ2) is 9.20. The molecule has 0 spiro atoms. The molecule has 0 atom stereocenters. The second-order valence-corrected chi connectivity index (χ2v) is 7.06. The van der Waals surface area contributed by atoms with E-state index in [4.69, 9.17) is 10.5 Å². The van der Waals surface area contributed by atoms with Crippen molar-refractivity contribution in [1.29, 1.82) is 0 Å². The topological polar surface area (TPSA) is 163 Å². The van der Waals surface area contributed by atoms with E-state index in [1.54, 1.807) is 42.5 Å². The average Bonchev–Trinajstić information content (AvgIpc) is 2.83. The Balaban J connectivity index is 1.78. The summed E-state index contributed by atoms with van der Waals surface area (Å²) in [6.07, 6.45) is 1.11. The number of carbonyl (C=O) groups is 1. The van der Waals surface area contributed by atoms with Crippen molar-refractivity contribution in [2.75, 3.05) is 0 Å². The molecule has 0 bridgehead atoms. The van der Waals surface area contributed by atoms with Gasteiger partial charge in [0.15, 0.2) is 5.82 Å². The van der Waals surface area contributed by atoms with Gasteiger partial charge in [-0.3, -0.25) is 19.7 Å². The van der Waals surface area contributed by atoms with E-state index in [0.29, 0.717) is 5.52 Å². The first-order valence-electron chi connectivity index (χ1n) is 9.89. The van der Waals surface area contributed by atoms with Gasteiger partial charge in [0.05, 0.1) is 27.6 Å². The molecule has 3 N–H and O–H groups in total. The molecule has 0 aliphatic heterocycles. The standard InChI is InChI=1S/C23H17N5O6/c24-22(30)17-6-2-4-8-20(17)34-13-21-26-18-7-3-1-5-16(18)23(31)27(21)25-12-14-11-15(28(32)33)9-10-19(14)29/h1-12,29H,13H2,(H2,24,30). The number of phenolic OH excluding ortho intramolecular Hbond substituents is 1. The van der Waals surface area contributed by atoms with Crippen molar-refractivity contribution in [2.24, 2.45) is 10.8 Å². The van der Waals surface area contributed by atoms with Crippen LogP contribution in [0.5, 0.6) is 11.5 Å². The molecular weight excluding hydrogens is 442 g/mol. The van der Waals surface area contributed by atoms with Crippen LogP contribution >= 0.6 is 0 Å². The SMILES string of the molecule is NC(=O)c1ccccc1OCc1nc2ccccc2c(=O)n1N=Cc1cc([N+](=O)[O-])ccc1O. The first kappa shape index (κ1) is 22.1. The Kier molecular flexibility index (Phi) is 5.99. The summed E-state index contributed by atoms with van der Waals surface area (Å²) in [7, 11) is 0. The highest BCUT2D eigenvalue weighted by Gasteiger charge is 2.14. The van der Waals surface area contributed by atoms with Crippen molar-refractivity contribution in [2.45, 2.75) is 6.61 Å². The lowest BCUT2D eigenvalue weighted by Crippen LogP contribution is -2.24. The molecule has 1 aromatic heterocycles. The lowest BCUT2D eigenvalue weighted by molar-refractivity contribution is -0.384. The fraction of sp³-hybridized carbons (Fsp3) is 0.0435. The molecule has 0 fully saturated rings. The second-order valence-electron chi connectivity index (χ2n) is 7.06. The molecule has 34 heavy (non-hydrogen) atoms. The van der Waals surface area contributed by atoms with Gasteiger partial charge in [-0.25, -0.2) is 4.98 Å². The van der Waals surface area contributed by atoms with E-state index < -0.39 is 16.4 Å². The van der Waals surface area contributed by atoms with Crippen LogP contribution in [-0.2, 0) is 6.61 Å². The number of nitro benzene ring substituents is 1. The van der Waals surface area contributed by atoms with E-state index in [1.807, 2.05) is 0 Å². The van der Waals surface area contributed by atoms with Crippen LogP contribution in [0.1, 0.15) is 21.7 Å². The third-order valence-corrected chi connectivity index (χ3v) is 4.86. The number of carbonyl (C=O) groups excluding carboxylic acids is 1. The minimum Gasteiger partial charge on any atom is -0.507 e. The highest BCUT2D eigenvalue weighted by atomic mass is 16.6. The van der Waals surface area contributed by atoms with Gasteiger partial charge in [-0.1, -0.05) is 24.3 Å². The van der Waals surface area contributed by atoms with Crippen molar-refractivity contribution in [1.82, 2.24) is 9.66 Å². The van der Waals surface area contributed by atoms with Crippen LogP contribution in [0.25, 0.3) is 10.9 Å². The number of rotatable bonds is 7. The smallest absolute Gasteiger partial charge is 0.282 e. The molecule has 11 nitrogen and oxygen atoms in total. The van der Waals surface area contributed by atoms with Crippen molar-refractivity contribution in [3.05, 3.63) is 104 Å². The monoisotopic (exact) mass is 459 g/mol. The molecule has 0 saturated heterocycles. The molecule has 11 heteroatoms. The summed E-state index contributed by atoms with van der Waals surface area (Å²) in [5.74, 6) is -0.656. The maximum absolute atomic E-state index is 13.1. The largest absolute Gasteiger partial charge is 0.507 e. The Hall–Kier alpha value is -5.06. The molecular formula is C23H17N5O6. The number of fused-ring (bicyclic) bond motifs is 1. The lowest BCUT2D eigenvalue weighted by atomic mass is 10.2. The van der Waals surface area contributed by atoms with E-state index in [0.717, 1.165) is 29.1 Å². The van der Waals surface area contributed by atoms with Gasteiger partial charge in [-0.2, -0.15) is 9.78 Å². The van der Waals surface area contributed by atoms with Crippen molar-refractivity contribution >= 4 is 28.7 Å². The molecule has 0 radical (unpaired) electrons. The van der Waals surface area contributed by atoms with Crippen LogP contribution in [0.4, 0.5) is 5.69 Å². The van der Waals surface area contributed by atoms with E-state index in [1.165, 1.54) is 6.07 Å². The zero-order valence-corrected chi connectivity index (χ0v) is 17.5. The van der Waals surface area contributed by atoms with Crippen molar-refractivity contribution in [3.63, 3.8) is 0 Å². The Morgan fingerprint density at radius 2 is 1.91 bits per heavy atom. The van der Waals surface area contributed by atoms with E-state index in [9.17, 15) is 24.8 Å². The number of nitrogens with two attached hydrogens (primary N) is 1. The minimum atomic E-state index is -0.682. The van der Waals surface area contributed by atoms with Crippen LogP contribution in [-0.4, -0.2) is 31.8 Å². The molecule has 4 aromatic rings. The Morgan fingerprint density at radius 1 is 1.18 bits per heavy atom. The van der Waals surface area contributed by atoms with Crippen LogP contribution in [0.15, 0.2) is 76.6 Å². The highest BCUT2D eigenvalue weighted by molar-refractivity contribution is 5.95. The van der Waals surface area contributed by atoms with Gasteiger partial charge in [0, 0.05) is 17.7 Å². The van der Waals surface area contributed by atoms with Gasteiger partial charge in [0.25, 0.3) is 17.2 Å². The van der Waals surface area contributed by atoms with Crippen molar-refractivity contribution in [3.8, 4) is 11.5 Å². The number of aromatic nitrogens is 2. The minimum absolute atomic E-state index is 0.0280. The summed E-state index contributed by atoms with van der Waals surface area (Å²) < 4.78 is 6.69. The first-order valence-corrected chi connectivity index (χ1v) is 9.89. The molecule has 0 aliphatic rings. The third kappa shape index (κ3) is 4.43. The van der Waals surface area contributed by atoms with E-state index in [2.05, 4.69) is 10.1 Å². The quantitative estimate of drug-likeness (QED) is 0.244. The van der Waals surface area contributed by atoms with Gasteiger partial charge in [0.2, 0.25) is 0 Å². The Labute approximate surface area is 191 Å². The number of aromatic hydroxyl groups is 1. The normalized spacial score (nSPS) is 11.1. The van der Waals surface area contributed by atoms with Gasteiger partial charge < -0.3 is 15.6 Å². The van der Waals surface area contributed by atoms with Gasteiger partial charge >= 0.3 is 0 Å². The molecule has 170 valence electrons. The molecule has 1 heterocycles.